The van der Waals surface area contributed by atoms with Crippen molar-refractivity contribution in [2.75, 3.05) is 5.73 Å². The van der Waals surface area contributed by atoms with Crippen molar-refractivity contribution in [2.45, 2.75) is 6.54 Å². The van der Waals surface area contributed by atoms with Crippen molar-refractivity contribution in [1.82, 2.24) is 19.7 Å². The molecule has 3 rings (SSSR count). The number of rotatable bonds is 2. The molecule has 0 saturated heterocycles. The first-order valence-corrected chi connectivity index (χ1v) is 6.01. The fourth-order valence-electron chi connectivity index (χ4n) is 1.86. The number of fused-ring (bicyclic) bond motifs is 1. The van der Waals surface area contributed by atoms with Crippen LogP contribution in [-0.4, -0.2) is 19.7 Å². The molecule has 0 atom stereocenters. The standard InChI is InChI=1S/C12H8ClF2N5/c13-10-7-4-17-20(11(7)19-12(16)18-10)5-6-1-2-8(14)9(15)3-6/h1-4H,5H2,(H2,16,18,19). The first-order chi connectivity index (χ1) is 9.54. The maximum Gasteiger partial charge on any atom is 0.223 e. The molecule has 0 aliphatic heterocycles. The summed E-state index contributed by atoms with van der Waals surface area (Å²) in [7, 11) is 0. The lowest BCUT2D eigenvalue weighted by Gasteiger charge is -2.04. The first kappa shape index (κ1) is 12.7. The van der Waals surface area contributed by atoms with Gasteiger partial charge in [-0.3, -0.25) is 0 Å². The minimum Gasteiger partial charge on any atom is -0.368 e. The maximum atomic E-state index is 13.2. The van der Waals surface area contributed by atoms with Gasteiger partial charge in [-0.1, -0.05) is 17.7 Å². The van der Waals surface area contributed by atoms with E-state index in [-0.39, 0.29) is 17.6 Å². The second-order valence-corrected chi connectivity index (χ2v) is 4.52. The Balaban J connectivity index is 2.04. The van der Waals surface area contributed by atoms with Crippen LogP contribution in [0.1, 0.15) is 5.56 Å². The second kappa shape index (κ2) is 4.68. The van der Waals surface area contributed by atoms with Crippen molar-refractivity contribution in [3.8, 4) is 0 Å². The number of hydrogen-bond acceptors (Lipinski definition) is 4. The van der Waals surface area contributed by atoms with E-state index < -0.39 is 11.6 Å². The number of anilines is 1. The molecule has 0 radical (unpaired) electrons. The fraction of sp³-hybridized carbons (Fsp3) is 0.0833. The summed E-state index contributed by atoms with van der Waals surface area (Å²) >= 11 is 5.93. The second-order valence-electron chi connectivity index (χ2n) is 4.16. The molecule has 1 aromatic carbocycles. The molecule has 5 nitrogen and oxygen atoms in total. The Kier molecular flexibility index (Phi) is 2.98. The highest BCUT2D eigenvalue weighted by Crippen LogP contribution is 2.21. The topological polar surface area (TPSA) is 69.6 Å². The summed E-state index contributed by atoms with van der Waals surface area (Å²) in [6.07, 6.45) is 1.50. The molecule has 0 bridgehead atoms. The Morgan fingerprint density at radius 2 is 2.00 bits per heavy atom. The van der Waals surface area contributed by atoms with Crippen molar-refractivity contribution in [3.63, 3.8) is 0 Å². The van der Waals surface area contributed by atoms with Gasteiger partial charge in [-0.25, -0.2) is 18.4 Å². The normalized spacial score (nSPS) is 11.2. The summed E-state index contributed by atoms with van der Waals surface area (Å²) in [6, 6.07) is 3.64. The molecule has 0 aliphatic rings. The van der Waals surface area contributed by atoms with Gasteiger partial charge < -0.3 is 5.73 Å². The monoisotopic (exact) mass is 295 g/mol. The number of halogens is 3. The van der Waals surface area contributed by atoms with Crippen LogP contribution >= 0.6 is 11.6 Å². The third-order valence-corrected chi connectivity index (χ3v) is 3.07. The molecule has 20 heavy (non-hydrogen) atoms. The Bertz CT molecular complexity index is 802. The highest BCUT2D eigenvalue weighted by Gasteiger charge is 2.11. The van der Waals surface area contributed by atoms with Gasteiger partial charge >= 0.3 is 0 Å². The quantitative estimate of drug-likeness (QED) is 0.737. The van der Waals surface area contributed by atoms with Crippen molar-refractivity contribution < 1.29 is 8.78 Å². The van der Waals surface area contributed by atoms with Crippen LogP contribution in [0.4, 0.5) is 14.7 Å². The molecule has 2 aromatic heterocycles. The van der Waals surface area contributed by atoms with Crippen LogP contribution in [0.5, 0.6) is 0 Å². The van der Waals surface area contributed by atoms with Crippen molar-refractivity contribution in [3.05, 3.63) is 46.7 Å². The van der Waals surface area contributed by atoms with Crippen LogP contribution in [0.15, 0.2) is 24.4 Å². The molecule has 3 aromatic rings. The van der Waals surface area contributed by atoms with E-state index in [1.54, 1.807) is 0 Å². The molecule has 0 spiro atoms. The number of aromatic nitrogens is 4. The number of nitrogen functional groups attached to an aromatic ring is 1. The molecular formula is C12H8ClF2N5. The van der Waals surface area contributed by atoms with Crippen LogP contribution < -0.4 is 5.73 Å². The van der Waals surface area contributed by atoms with E-state index in [2.05, 4.69) is 15.1 Å². The summed E-state index contributed by atoms with van der Waals surface area (Å²) < 4.78 is 27.6. The SMILES string of the molecule is Nc1nc(Cl)c2cnn(Cc3ccc(F)c(F)c3)c2n1. The van der Waals surface area contributed by atoms with Crippen LogP contribution in [0.25, 0.3) is 11.0 Å². The molecule has 2 heterocycles. The first-order valence-electron chi connectivity index (χ1n) is 5.63. The summed E-state index contributed by atoms with van der Waals surface area (Å²) in [5, 5.41) is 4.85. The predicted molar refractivity (Wildman–Crippen MR) is 70.2 cm³/mol. The van der Waals surface area contributed by atoms with E-state index in [0.717, 1.165) is 12.1 Å². The molecule has 0 aliphatic carbocycles. The molecule has 0 unspecified atom stereocenters. The minimum atomic E-state index is -0.911. The van der Waals surface area contributed by atoms with Crippen LogP contribution in [0.3, 0.4) is 0 Å². The lowest BCUT2D eigenvalue weighted by molar-refractivity contribution is 0.506. The zero-order valence-corrected chi connectivity index (χ0v) is 10.8. The zero-order valence-electron chi connectivity index (χ0n) is 10.0. The minimum absolute atomic E-state index is 0.0227. The van der Waals surface area contributed by atoms with Crippen LogP contribution in [0.2, 0.25) is 5.15 Å². The smallest absolute Gasteiger partial charge is 0.223 e. The Hall–Kier alpha value is -2.28. The van der Waals surface area contributed by atoms with Crippen molar-refractivity contribution in [2.24, 2.45) is 0 Å². The van der Waals surface area contributed by atoms with Gasteiger partial charge in [-0.2, -0.15) is 10.1 Å². The predicted octanol–water partition coefficient (Wildman–Crippen LogP) is 2.39. The molecule has 102 valence electrons. The summed E-state index contributed by atoms with van der Waals surface area (Å²) in [6.45, 7) is 0.216. The third-order valence-electron chi connectivity index (χ3n) is 2.78. The number of nitrogens with two attached hydrogens (primary N) is 1. The zero-order chi connectivity index (χ0) is 14.3. The summed E-state index contributed by atoms with van der Waals surface area (Å²) in [4.78, 5) is 7.86. The van der Waals surface area contributed by atoms with Gasteiger partial charge in [0.25, 0.3) is 0 Å². The van der Waals surface area contributed by atoms with Gasteiger partial charge in [-0.05, 0) is 17.7 Å². The molecule has 8 heteroatoms. The maximum absolute atomic E-state index is 13.2. The number of hydrogen-bond donors (Lipinski definition) is 1. The van der Waals surface area contributed by atoms with Crippen molar-refractivity contribution >= 4 is 28.6 Å². The molecule has 0 saturated carbocycles. The van der Waals surface area contributed by atoms with Crippen LogP contribution in [-0.2, 0) is 6.54 Å². The largest absolute Gasteiger partial charge is 0.368 e. The molecule has 0 fully saturated rings. The van der Waals surface area contributed by atoms with Gasteiger partial charge in [0.2, 0.25) is 5.95 Å². The van der Waals surface area contributed by atoms with E-state index in [0.29, 0.717) is 16.6 Å². The number of benzene rings is 1. The highest BCUT2D eigenvalue weighted by molar-refractivity contribution is 6.34. The van der Waals surface area contributed by atoms with Gasteiger partial charge in [0.1, 0.15) is 5.15 Å². The summed E-state index contributed by atoms with van der Waals surface area (Å²) in [5.41, 5.74) is 6.51. The summed E-state index contributed by atoms with van der Waals surface area (Å²) in [5.74, 6) is -1.78. The molecule has 0 amide bonds. The van der Waals surface area contributed by atoms with Gasteiger partial charge in [0.05, 0.1) is 18.1 Å². The van der Waals surface area contributed by atoms with Crippen molar-refractivity contribution in [1.29, 1.82) is 0 Å². The molecule has 2 N–H and O–H groups in total. The number of nitrogens with zero attached hydrogens (tertiary/aromatic N) is 4. The van der Waals surface area contributed by atoms with Gasteiger partial charge in [-0.15, -0.1) is 0 Å². The van der Waals surface area contributed by atoms with Gasteiger partial charge in [0, 0.05) is 0 Å². The van der Waals surface area contributed by atoms with E-state index in [1.165, 1.54) is 16.9 Å². The Morgan fingerprint density at radius 1 is 1.20 bits per heavy atom. The lowest BCUT2D eigenvalue weighted by Crippen LogP contribution is -2.05. The Morgan fingerprint density at radius 3 is 2.75 bits per heavy atom. The van der Waals surface area contributed by atoms with Gasteiger partial charge in [0.15, 0.2) is 17.3 Å². The van der Waals surface area contributed by atoms with E-state index in [1.807, 2.05) is 0 Å². The average molecular weight is 296 g/mol. The fourth-order valence-corrected chi connectivity index (χ4v) is 2.08. The highest BCUT2D eigenvalue weighted by atomic mass is 35.5. The van der Waals surface area contributed by atoms with Crippen LogP contribution in [0, 0.1) is 11.6 Å². The average Bonchev–Trinajstić information content (AvgIpc) is 2.77. The van der Waals surface area contributed by atoms with E-state index in [4.69, 9.17) is 17.3 Å². The van der Waals surface area contributed by atoms with E-state index >= 15 is 0 Å². The third kappa shape index (κ3) is 2.16. The lowest BCUT2D eigenvalue weighted by atomic mass is 10.2. The van der Waals surface area contributed by atoms with E-state index in [9.17, 15) is 8.78 Å². The molecular weight excluding hydrogens is 288 g/mol. The Labute approximate surface area is 117 Å².